The Labute approximate surface area is 134 Å². The van der Waals surface area contributed by atoms with Gasteiger partial charge >= 0.3 is 0 Å². The number of rotatable bonds is 6. The molecule has 22 heavy (non-hydrogen) atoms. The third-order valence-electron chi connectivity index (χ3n) is 3.28. The van der Waals surface area contributed by atoms with Gasteiger partial charge in [-0.05, 0) is 31.0 Å². The molecule has 0 saturated heterocycles. The highest BCUT2D eigenvalue weighted by molar-refractivity contribution is 6.30. The van der Waals surface area contributed by atoms with E-state index in [4.69, 9.17) is 26.7 Å². The van der Waals surface area contributed by atoms with Crippen molar-refractivity contribution in [3.05, 3.63) is 40.2 Å². The summed E-state index contributed by atoms with van der Waals surface area (Å²) in [6.07, 6.45) is 1.44. The smallest absolute Gasteiger partial charge is 0.171 e. The van der Waals surface area contributed by atoms with E-state index in [-0.39, 0.29) is 6.61 Å². The van der Waals surface area contributed by atoms with Crippen LogP contribution in [0.3, 0.4) is 0 Å². The summed E-state index contributed by atoms with van der Waals surface area (Å²) in [6.45, 7) is 4.46. The van der Waals surface area contributed by atoms with Gasteiger partial charge in [-0.1, -0.05) is 25.4 Å². The largest absolute Gasteiger partial charge is 0.453 e. The van der Waals surface area contributed by atoms with Gasteiger partial charge in [0.25, 0.3) is 0 Å². The molecule has 0 spiro atoms. The van der Waals surface area contributed by atoms with Gasteiger partial charge in [-0.25, -0.2) is 0 Å². The predicted molar refractivity (Wildman–Crippen MR) is 84.3 cm³/mol. The molecule has 0 bridgehead atoms. The van der Waals surface area contributed by atoms with Crippen LogP contribution in [0.5, 0.6) is 11.5 Å². The van der Waals surface area contributed by atoms with Gasteiger partial charge in [0.2, 0.25) is 0 Å². The van der Waals surface area contributed by atoms with Crippen molar-refractivity contribution in [1.82, 2.24) is 9.78 Å². The highest BCUT2D eigenvalue weighted by Gasteiger charge is 2.18. The van der Waals surface area contributed by atoms with E-state index < -0.39 is 0 Å². The Balaban J connectivity index is 2.44. The molecule has 0 aliphatic heterocycles. The average Bonchev–Trinajstić information content (AvgIpc) is 2.83. The molecule has 0 radical (unpaired) electrons. The van der Waals surface area contributed by atoms with Crippen LogP contribution in [0.25, 0.3) is 0 Å². The fourth-order valence-electron chi connectivity index (χ4n) is 2.31. The number of aromatic nitrogens is 2. The van der Waals surface area contributed by atoms with Crippen molar-refractivity contribution in [2.24, 2.45) is 0 Å². The molecule has 0 aliphatic rings. The first-order valence-electron chi connectivity index (χ1n) is 7.20. The first-order chi connectivity index (χ1) is 10.6. The minimum absolute atomic E-state index is 0.0209. The average molecular weight is 320 g/mol. The number of aliphatic hydroxyl groups is 1. The first kappa shape index (κ1) is 16.3. The van der Waals surface area contributed by atoms with Gasteiger partial charge in [-0.2, -0.15) is 10.4 Å². The van der Waals surface area contributed by atoms with E-state index in [1.54, 1.807) is 22.9 Å². The summed E-state index contributed by atoms with van der Waals surface area (Å²) in [7, 11) is 0. The Bertz CT molecular complexity index is 704. The minimum atomic E-state index is 0.0209. The number of nitriles is 1. The van der Waals surface area contributed by atoms with Crippen molar-refractivity contribution in [3.8, 4) is 17.6 Å². The molecule has 0 atom stereocenters. The van der Waals surface area contributed by atoms with Crippen LogP contribution in [0.1, 0.15) is 30.8 Å². The quantitative estimate of drug-likeness (QED) is 0.886. The molecule has 1 aromatic heterocycles. The highest BCUT2D eigenvalue weighted by atomic mass is 35.5. The number of aliphatic hydroxyl groups excluding tert-OH is 1. The van der Waals surface area contributed by atoms with E-state index in [9.17, 15) is 0 Å². The molecule has 2 rings (SSSR count). The van der Waals surface area contributed by atoms with E-state index in [0.29, 0.717) is 35.1 Å². The summed E-state index contributed by atoms with van der Waals surface area (Å²) in [6, 6.07) is 6.96. The zero-order valence-corrected chi connectivity index (χ0v) is 13.4. The maximum Gasteiger partial charge on any atom is 0.171 e. The lowest BCUT2D eigenvalue weighted by Crippen LogP contribution is -2.07. The fraction of sp³-hybridized carbons (Fsp3) is 0.375. The molecule has 1 N–H and O–H groups in total. The molecule has 5 nitrogen and oxygen atoms in total. The van der Waals surface area contributed by atoms with Gasteiger partial charge in [0, 0.05) is 5.02 Å². The van der Waals surface area contributed by atoms with Crippen molar-refractivity contribution in [2.45, 2.75) is 33.2 Å². The summed E-state index contributed by atoms with van der Waals surface area (Å²) in [5.74, 6) is 1.20. The normalized spacial score (nSPS) is 10.5. The number of hydrogen-bond acceptors (Lipinski definition) is 4. The van der Waals surface area contributed by atoms with Gasteiger partial charge in [-0.3, -0.25) is 4.68 Å². The lowest BCUT2D eigenvalue weighted by molar-refractivity contribution is 0.267. The Morgan fingerprint density at radius 3 is 2.68 bits per heavy atom. The Morgan fingerprint density at radius 1 is 1.32 bits per heavy atom. The van der Waals surface area contributed by atoms with Gasteiger partial charge in [0.1, 0.15) is 11.4 Å². The molecule has 0 aliphatic carbocycles. The molecular weight excluding hydrogens is 302 g/mol. The zero-order chi connectivity index (χ0) is 16.1. The van der Waals surface area contributed by atoms with Gasteiger partial charge < -0.3 is 9.84 Å². The second-order valence-electron chi connectivity index (χ2n) is 4.77. The molecule has 2 aromatic rings. The van der Waals surface area contributed by atoms with Gasteiger partial charge in [0.15, 0.2) is 5.75 Å². The Hall–Kier alpha value is -2.03. The standard InChI is InChI=1S/C16H18ClN3O2/c1-3-14-16(15(4-2)20(19-14)5-6-21)22-13-8-11(10-18)7-12(17)9-13/h7-9,21H,3-6H2,1-2H3. The van der Waals surface area contributed by atoms with Gasteiger partial charge in [-0.15, -0.1) is 0 Å². The fourth-order valence-corrected chi connectivity index (χ4v) is 2.54. The summed E-state index contributed by atoms with van der Waals surface area (Å²) < 4.78 is 7.74. The minimum Gasteiger partial charge on any atom is -0.453 e. The Kier molecular flexibility index (Phi) is 5.42. The van der Waals surface area contributed by atoms with Crippen LogP contribution in [0, 0.1) is 11.3 Å². The van der Waals surface area contributed by atoms with E-state index >= 15 is 0 Å². The topological polar surface area (TPSA) is 71.1 Å². The second-order valence-corrected chi connectivity index (χ2v) is 5.20. The molecule has 1 heterocycles. The third kappa shape index (κ3) is 3.41. The number of ether oxygens (including phenoxy) is 1. The van der Waals surface area contributed by atoms with Crippen molar-refractivity contribution >= 4 is 11.6 Å². The molecule has 116 valence electrons. The number of aryl methyl sites for hydroxylation is 1. The lowest BCUT2D eigenvalue weighted by atomic mass is 10.2. The zero-order valence-electron chi connectivity index (χ0n) is 12.6. The number of halogens is 1. The monoisotopic (exact) mass is 319 g/mol. The summed E-state index contributed by atoms with van der Waals surface area (Å²) >= 11 is 6.01. The SMILES string of the molecule is CCc1nn(CCO)c(CC)c1Oc1cc(Cl)cc(C#N)c1. The summed E-state index contributed by atoms with van der Waals surface area (Å²) in [5.41, 5.74) is 2.19. The molecular formula is C16H18ClN3O2. The van der Waals surface area contributed by atoms with E-state index in [0.717, 1.165) is 17.8 Å². The van der Waals surface area contributed by atoms with Crippen LogP contribution in [-0.2, 0) is 19.4 Å². The molecule has 0 saturated carbocycles. The van der Waals surface area contributed by atoms with Crippen molar-refractivity contribution < 1.29 is 9.84 Å². The van der Waals surface area contributed by atoms with E-state index in [1.807, 2.05) is 13.8 Å². The number of nitrogens with zero attached hydrogens (tertiary/aromatic N) is 3. The molecule has 0 amide bonds. The third-order valence-corrected chi connectivity index (χ3v) is 3.50. The van der Waals surface area contributed by atoms with E-state index in [2.05, 4.69) is 11.2 Å². The van der Waals surface area contributed by atoms with Crippen LogP contribution in [0.15, 0.2) is 18.2 Å². The molecule has 6 heteroatoms. The summed E-state index contributed by atoms with van der Waals surface area (Å²) in [5, 5.41) is 23.1. The first-order valence-corrected chi connectivity index (χ1v) is 7.58. The molecule has 1 aromatic carbocycles. The van der Waals surface area contributed by atoms with Crippen LogP contribution in [0.4, 0.5) is 0 Å². The maximum absolute atomic E-state index is 9.15. The summed E-state index contributed by atoms with van der Waals surface area (Å²) in [4.78, 5) is 0. The number of benzene rings is 1. The number of hydrogen-bond donors (Lipinski definition) is 1. The maximum atomic E-state index is 9.15. The van der Waals surface area contributed by atoms with Crippen LogP contribution >= 0.6 is 11.6 Å². The predicted octanol–water partition coefficient (Wildman–Crippen LogP) is 3.32. The highest BCUT2D eigenvalue weighted by Crippen LogP contribution is 2.32. The van der Waals surface area contributed by atoms with Crippen molar-refractivity contribution in [3.63, 3.8) is 0 Å². The lowest BCUT2D eigenvalue weighted by Gasteiger charge is -2.09. The van der Waals surface area contributed by atoms with Gasteiger partial charge in [0.05, 0.1) is 30.5 Å². The van der Waals surface area contributed by atoms with Crippen LogP contribution in [0.2, 0.25) is 5.02 Å². The van der Waals surface area contributed by atoms with E-state index in [1.165, 1.54) is 0 Å². The van der Waals surface area contributed by atoms with Crippen LogP contribution < -0.4 is 4.74 Å². The van der Waals surface area contributed by atoms with Crippen molar-refractivity contribution in [2.75, 3.05) is 6.61 Å². The van der Waals surface area contributed by atoms with Crippen LogP contribution in [-0.4, -0.2) is 21.5 Å². The second kappa shape index (κ2) is 7.30. The van der Waals surface area contributed by atoms with Crippen molar-refractivity contribution in [1.29, 1.82) is 5.26 Å². The molecule has 0 fully saturated rings. The Morgan fingerprint density at radius 2 is 2.09 bits per heavy atom. The molecule has 0 unspecified atom stereocenters.